The van der Waals surface area contributed by atoms with Gasteiger partial charge in [-0.1, -0.05) is 12.1 Å². The summed E-state index contributed by atoms with van der Waals surface area (Å²) in [6.45, 7) is 4.10. The van der Waals surface area contributed by atoms with Crippen LogP contribution in [0.5, 0.6) is 11.5 Å². The van der Waals surface area contributed by atoms with Crippen molar-refractivity contribution in [2.24, 2.45) is 0 Å². The summed E-state index contributed by atoms with van der Waals surface area (Å²) < 4.78 is 17.1. The number of fused-ring (bicyclic) bond motifs is 1. The molecular weight excluding hydrogens is 362 g/mol. The number of para-hydroxylation sites is 2. The van der Waals surface area contributed by atoms with Crippen LogP contribution in [0.4, 0.5) is 4.79 Å². The van der Waals surface area contributed by atoms with E-state index in [4.69, 9.17) is 14.2 Å². The van der Waals surface area contributed by atoms with E-state index < -0.39 is 0 Å². The van der Waals surface area contributed by atoms with Crippen molar-refractivity contribution >= 4 is 11.9 Å². The highest BCUT2D eigenvalue weighted by Crippen LogP contribution is 2.31. The van der Waals surface area contributed by atoms with E-state index in [-0.39, 0.29) is 36.7 Å². The molecule has 4 aliphatic rings. The van der Waals surface area contributed by atoms with Crippen molar-refractivity contribution in [2.75, 3.05) is 46.0 Å². The number of amides is 3. The van der Waals surface area contributed by atoms with Crippen molar-refractivity contribution in [2.45, 2.75) is 31.0 Å². The summed E-state index contributed by atoms with van der Waals surface area (Å²) in [6.07, 6.45) is 1.76. The number of hydrogen-bond donors (Lipinski definition) is 0. The first kappa shape index (κ1) is 17.8. The lowest BCUT2D eigenvalue weighted by molar-refractivity contribution is -0.128. The molecule has 150 valence electrons. The summed E-state index contributed by atoms with van der Waals surface area (Å²) >= 11 is 0. The van der Waals surface area contributed by atoms with E-state index in [0.717, 1.165) is 37.4 Å². The second kappa shape index (κ2) is 7.25. The van der Waals surface area contributed by atoms with Crippen LogP contribution in [0.15, 0.2) is 24.3 Å². The van der Waals surface area contributed by atoms with E-state index in [9.17, 15) is 9.59 Å². The molecule has 1 aromatic carbocycles. The van der Waals surface area contributed by atoms with Gasteiger partial charge in [0.1, 0.15) is 19.3 Å². The fourth-order valence-electron chi connectivity index (χ4n) is 4.43. The van der Waals surface area contributed by atoms with Crippen LogP contribution in [0.3, 0.4) is 0 Å². The van der Waals surface area contributed by atoms with Gasteiger partial charge in [0.25, 0.3) is 5.91 Å². The van der Waals surface area contributed by atoms with Crippen LogP contribution in [0, 0.1) is 0 Å². The molecule has 4 aliphatic heterocycles. The second-order valence-corrected chi connectivity index (χ2v) is 7.92. The van der Waals surface area contributed by atoms with Gasteiger partial charge in [-0.25, -0.2) is 4.79 Å². The van der Waals surface area contributed by atoms with Gasteiger partial charge in [-0.15, -0.1) is 0 Å². The van der Waals surface area contributed by atoms with Gasteiger partial charge in [0.05, 0.1) is 25.3 Å². The minimum Gasteiger partial charge on any atom is -0.486 e. The average Bonchev–Trinajstić information content (AvgIpc) is 2.94. The molecular formula is C20H25N3O5. The lowest BCUT2D eigenvalue weighted by atomic mass is 10.0. The molecule has 2 unspecified atom stereocenters. The maximum Gasteiger partial charge on any atom is 0.327 e. The molecule has 8 heteroatoms. The quantitative estimate of drug-likeness (QED) is 0.717. The number of urea groups is 1. The third-order valence-corrected chi connectivity index (χ3v) is 5.96. The molecule has 0 aromatic heterocycles. The van der Waals surface area contributed by atoms with E-state index in [0.29, 0.717) is 26.4 Å². The summed E-state index contributed by atoms with van der Waals surface area (Å²) in [5.74, 6) is 1.47. The number of ether oxygens (including phenoxy) is 3. The fourth-order valence-corrected chi connectivity index (χ4v) is 4.43. The van der Waals surface area contributed by atoms with E-state index in [1.807, 2.05) is 24.3 Å². The molecule has 1 aromatic rings. The third kappa shape index (κ3) is 3.20. The number of carbonyl (C=O) groups excluding carboxylic acids is 2. The van der Waals surface area contributed by atoms with E-state index in [2.05, 4.69) is 4.90 Å². The van der Waals surface area contributed by atoms with Gasteiger partial charge in [0.15, 0.2) is 11.5 Å². The number of benzene rings is 1. The summed E-state index contributed by atoms with van der Waals surface area (Å²) in [5, 5.41) is 0. The molecule has 3 saturated heterocycles. The number of rotatable bonds is 4. The lowest BCUT2D eigenvalue weighted by Gasteiger charge is -2.39. The molecule has 28 heavy (non-hydrogen) atoms. The summed E-state index contributed by atoms with van der Waals surface area (Å²) in [7, 11) is 0. The number of piperidine rings is 1. The highest BCUT2D eigenvalue weighted by molar-refractivity contribution is 6.02. The molecule has 0 saturated carbocycles. The number of carbonyl (C=O) groups is 2. The Balaban J connectivity index is 1.21. The van der Waals surface area contributed by atoms with Crippen LogP contribution in [0.2, 0.25) is 0 Å². The third-order valence-electron chi connectivity index (χ3n) is 5.96. The van der Waals surface area contributed by atoms with Gasteiger partial charge >= 0.3 is 6.03 Å². The first-order valence-electron chi connectivity index (χ1n) is 10.0. The normalized spacial score (nSPS) is 28.6. The van der Waals surface area contributed by atoms with Crippen molar-refractivity contribution in [1.29, 1.82) is 0 Å². The molecule has 3 fully saturated rings. The van der Waals surface area contributed by atoms with E-state index in [1.54, 1.807) is 4.90 Å². The van der Waals surface area contributed by atoms with Gasteiger partial charge in [-0.2, -0.15) is 0 Å². The minimum absolute atomic E-state index is 0.0500. The van der Waals surface area contributed by atoms with Crippen LogP contribution in [-0.4, -0.2) is 90.8 Å². The molecule has 0 aliphatic carbocycles. The van der Waals surface area contributed by atoms with Crippen LogP contribution in [-0.2, 0) is 9.53 Å². The Morgan fingerprint density at radius 3 is 2.64 bits per heavy atom. The Kier molecular flexibility index (Phi) is 4.60. The molecule has 2 atom stereocenters. The monoisotopic (exact) mass is 387 g/mol. The van der Waals surface area contributed by atoms with Gasteiger partial charge in [0.2, 0.25) is 0 Å². The Hall–Kier alpha value is -2.32. The van der Waals surface area contributed by atoms with Crippen molar-refractivity contribution < 1.29 is 23.8 Å². The summed E-state index contributed by atoms with van der Waals surface area (Å²) in [4.78, 5) is 30.8. The van der Waals surface area contributed by atoms with Crippen molar-refractivity contribution in [3.05, 3.63) is 24.3 Å². The first-order chi connectivity index (χ1) is 13.7. The lowest BCUT2D eigenvalue weighted by Crippen LogP contribution is -2.55. The molecule has 3 amide bonds. The van der Waals surface area contributed by atoms with Crippen LogP contribution in [0.25, 0.3) is 0 Å². The maximum atomic E-state index is 12.8. The molecule has 5 rings (SSSR count). The molecule has 4 heterocycles. The van der Waals surface area contributed by atoms with Gasteiger partial charge in [-0.3, -0.25) is 14.6 Å². The zero-order valence-corrected chi connectivity index (χ0v) is 15.8. The molecule has 0 radical (unpaired) electrons. The Labute approximate surface area is 163 Å². The molecule has 8 nitrogen and oxygen atoms in total. The number of nitrogens with zero attached hydrogens (tertiary/aromatic N) is 3. The number of hydrogen-bond acceptors (Lipinski definition) is 6. The smallest absolute Gasteiger partial charge is 0.327 e. The van der Waals surface area contributed by atoms with Crippen LogP contribution in [0.1, 0.15) is 12.8 Å². The molecule has 0 spiro atoms. The predicted octanol–water partition coefficient (Wildman–Crippen LogP) is 0.954. The zero-order chi connectivity index (χ0) is 19.1. The zero-order valence-electron chi connectivity index (χ0n) is 15.8. The van der Waals surface area contributed by atoms with Gasteiger partial charge < -0.3 is 19.1 Å². The predicted molar refractivity (Wildman–Crippen MR) is 99.4 cm³/mol. The van der Waals surface area contributed by atoms with E-state index >= 15 is 0 Å². The minimum atomic E-state index is -0.156. The highest BCUT2D eigenvalue weighted by Gasteiger charge is 2.46. The van der Waals surface area contributed by atoms with Gasteiger partial charge in [0, 0.05) is 13.1 Å². The highest BCUT2D eigenvalue weighted by atomic mass is 16.6. The molecule has 0 bridgehead atoms. The SMILES string of the molecule is O=C1CN(C2COC2)C(=O)N1C1CCCN(CC2COc3ccccc3O2)C1. The molecule has 0 N–H and O–H groups in total. The first-order valence-corrected chi connectivity index (χ1v) is 10.0. The summed E-state index contributed by atoms with van der Waals surface area (Å²) in [6, 6.07) is 7.51. The van der Waals surface area contributed by atoms with E-state index in [1.165, 1.54) is 4.90 Å². The van der Waals surface area contributed by atoms with Crippen LogP contribution >= 0.6 is 0 Å². The Morgan fingerprint density at radius 1 is 1.04 bits per heavy atom. The van der Waals surface area contributed by atoms with Crippen molar-refractivity contribution in [1.82, 2.24) is 14.7 Å². The largest absolute Gasteiger partial charge is 0.486 e. The summed E-state index contributed by atoms with van der Waals surface area (Å²) in [5.41, 5.74) is 0. The van der Waals surface area contributed by atoms with Crippen molar-refractivity contribution in [3.8, 4) is 11.5 Å². The fraction of sp³-hybridized carbons (Fsp3) is 0.600. The standard InChI is InChI=1S/C20H25N3O5/c24-19-10-22(15-11-26-12-15)20(25)23(19)14-4-3-7-21(8-14)9-16-13-27-17-5-1-2-6-18(17)28-16/h1-2,5-6,14-16H,3-4,7-13H2. The van der Waals surface area contributed by atoms with Crippen LogP contribution < -0.4 is 9.47 Å². The Bertz CT molecular complexity index is 768. The van der Waals surface area contributed by atoms with Gasteiger partial charge in [-0.05, 0) is 31.5 Å². The maximum absolute atomic E-state index is 12.8. The number of likely N-dealkylation sites (tertiary alicyclic amines) is 1. The second-order valence-electron chi connectivity index (χ2n) is 7.92. The average molecular weight is 387 g/mol. The Morgan fingerprint density at radius 2 is 1.86 bits per heavy atom. The van der Waals surface area contributed by atoms with Crippen molar-refractivity contribution in [3.63, 3.8) is 0 Å². The topological polar surface area (TPSA) is 71.6 Å². The number of imide groups is 1.